The molecule has 1 N–H and O–H groups in total. The molecule has 0 heterocycles. The zero-order valence-corrected chi connectivity index (χ0v) is 10.4. The maximum Gasteiger partial charge on any atom is 0.270 e. The quantitative estimate of drug-likeness (QED) is 0.648. The van der Waals surface area contributed by atoms with Crippen LogP contribution >= 0.6 is 0 Å². The molecule has 15 heavy (non-hydrogen) atoms. The van der Waals surface area contributed by atoms with Crippen LogP contribution in [0.25, 0.3) is 0 Å². The molecule has 0 aliphatic carbocycles. The fourth-order valence-electron chi connectivity index (χ4n) is 1.36. The van der Waals surface area contributed by atoms with Gasteiger partial charge in [-0.3, -0.25) is 4.55 Å². The van der Waals surface area contributed by atoms with Gasteiger partial charge in [0, 0.05) is 5.56 Å². The van der Waals surface area contributed by atoms with Crippen molar-refractivity contribution in [2.24, 2.45) is 0 Å². The number of benzene rings is 1. The molecule has 0 aliphatic heterocycles. The second-order valence-corrected chi connectivity index (χ2v) is 7.35. The molecule has 84 valence electrons. The normalized spacial score (nSPS) is 14.1. The van der Waals surface area contributed by atoms with Gasteiger partial charge in [-0.25, -0.2) is 0 Å². The van der Waals surface area contributed by atoms with Crippen molar-refractivity contribution in [1.82, 2.24) is 0 Å². The third-order valence-electron chi connectivity index (χ3n) is 2.10. The van der Waals surface area contributed by atoms with Gasteiger partial charge in [0.05, 0.1) is 12.5 Å². The minimum atomic E-state index is -3.91. The van der Waals surface area contributed by atoms with Crippen molar-refractivity contribution in [2.75, 3.05) is 18.3 Å². The molecule has 3 nitrogen and oxygen atoms in total. The summed E-state index contributed by atoms with van der Waals surface area (Å²) in [5.74, 6) is -0.201. The van der Waals surface area contributed by atoms with Crippen molar-refractivity contribution in [3.8, 4) is 0 Å². The summed E-state index contributed by atoms with van der Waals surface area (Å²) in [6.45, 7) is 0. The average Bonchev–Trinajstić information content (AvgIpc) is 2.14. The van der Waals surface area contributed by atoms with E-state index in [0.29, 0.717) is 0 Å². The van der Waals surface area contributed by atoms with E-state index in [2.05, 4.69) is 0 Å². The lowest BCUT2D eigenvalue weighted by Gasteiger charge is -2.12. The summed E-state index contributed by atoms with van der Waals surface area (Å²) in [5, 5.41) is -0.124. The van der Waals surface area contributed by atoms with Crippen molar-refractivity contribution in [3.05, 3.63) is 35.9 Å². The number of hydrogen-bond donors (Lipinski definition) is 1. The monoisotopic (exact) mass is 247 g/mol. The fourth-order valence-corrected chi connectivity index (χ4v) is 4.24. The smallest absolute Gasteiger partial charge is 0.270 e. The van der Waals surface area contributed by atoms with Gasteiger partial charge in [0.2, 0.25) is 0 Å². The molecule has 5 heteroatoms. The molecule has 1 rings (SSSR count). The summed E-state index contributed by atoms with van der Waals surface area (Å²) in [6.07, 6.45) is 3.95. The van der Waals surface area contributed by atoms with E-state index in [9.17, 15) is 8.42 Å². The highest BCUT2D eigenvalue weighted by atomic mass is 32.2. The van der Waals surface area contributed by atoms with Crippen molar-refractivity contribution < 1.29 is 13.0 Å². The Morgan fingerprint density at radius 2 is 1.80 bits per heavy atom. The third-order valence-corrected chi connectivity index (χ3v) is 4.64. The van der Waals surface area contributed by atoms with Gasteiger partial charge in [-0.1, -0.05) is 30.3 Å². The summed E-state index contributed by atoms with van der Waals surface area (Å²) < 4.78 is 30.6. The Kier molecular flexibility index (Phi) is 4.19. The van der Waals surface area contributed by atoms with Crippen LogP contribution in [0.3, 0.4) is 0 Å². The summed E-state index contributed by atoms with van der Waals surface area (Å²) in [6, 6.07) is 9.42. The van der Waals surface area contributed by atoms with Crippen LogP contribution < -0.4 is 0 Å². The fraction of sp³-hybridized carbons (Fsp3) is 0.400. The molecule has 0 aliphatic rings. The molecule has 1 aromatic rings. The van der Waals surface area contributed by atoms with E-state index in [1.54, 1.807) is 0 Å². The molecule has 0 saturated heterocycles. The molecule has 1 unspecified atom stereocenters. The molecule has 0 fully saturated rings. The maximum atomic E-state index is 10.9. The van der Waals surface area contributed by atoms with Crippen LogP contribution in [0.1, 0.15) is 10.8 Å². The molecule has 0 saturated carbocycles. The van der Waals surface area contributed by atoms with E-state index in [1.807, 2.05) is 42.8 Å². The standard InChI is InChI=1S/C10H14O3S2/c1-14(2)10(8-15(11,12)13)9-6-4-3-5-7-9/h3-7,10H,8H2,1-2H3/p+1. The lowest BCUT2D eigenvalue weighted by molar-refractivity contribution is 0.482. The van der Waals surface area contributed by atoms with Gasteiger partial charge in [-0.15, -0.1) is 0 Å². The SMILES string of the molecule is C[S+](C)C(CS(=O)(=O)O)c1ccccc1. The van der Waals surface area contributed by atoms with Gasteiger partial charge in [0.1, 0.15) is 5.75 Å². The lowest BCUT2D eigenvalue weighted by atomic mass is 10.2. The van der Waals surface area contributed by atoms with Crippen LogP contribution in [0.15, 0.2) is 30.3 Å². The van der Waals surface area contributed by atoms with Gasteiger partial charge in [0.25, 0.3) is 10.1 Å². The largest absolute Gasteiger partial charge is 0.285 e. The zero-order valence-electron chi connectivity index (χ0n) is 8.75. The molecule has 0 amide bonds. The molecular weight excluding hydrogens is 232 g/mol. The predicted octanol–water partition coefficient (Wildman–Crippen LogP) is 1.49. The zero-order chi connectivity index (χ0) is 11.5. The minimum absolute atomic E-state index is 0.0900. The van der Waals surface area contributed by atoms with E-state index >= 15 is 0 Å². The summed E-state index contributed by atoms with van der Waals surface area (Å²) in [5.41, 5.74) is 0.962. The van der Waals surface area contributed by atoms with E-state index in [4.69, 9.17) is 4.55 Å². The highest BCUT2D eigenvalue weighted by Crippen LogP contribution is 2.23. The van der Waals surface area contributed by atoms with Crippen molar-refractivity contribution in [1.29, 1.82) is 0 Å². The molecule has 0 spiro atoms. The average molecular weight is 247 g/mol. The highest BCUT2D eigenvalue weighted by Gasteiger charge is 2.28. The van der Waals surface area contributed by atoms with Crippen molar-refractivity contribution in [2.45, 2.75) is 5.25 Å². The van der Waals surface area contributed by atoms with Crippen molar-refractivity contribution >= 4 is 21.0 Å². The Morgan fingerprint density at radius 3 is 2.20 bits per heavy atom. The van der Waals surface area contributed by atoms with E-state index in [-0.39, 0.29) is 21.9 Å². The number of hydrogen-bond acceptors (Lipinski definition) is 2. The van der Waals surface area contributed by atoms with Gasteiger partial charge in [-0.05, 0) is 10.9 Å². The van der Waals surface area contributed by atoms with Gasteiger partial charge in [0.15, 0.2) is 5.25 Å². The third kappa shape index (κ3) is 4.24. The highest BCUT2D eigenvalue weighted by molar-refractivity contribution is 7.97. The van der Waals surface area contributed by atoms with E-state index in [1.165, 1.54) is 0 Å². The second kappa shape index (κ2) is 5.01. The summed E-state index contributed by atoms with van der Waals surface area (Å²) in [4.78, 5) is 0. The van der Waals surface area contributed by atoms with Crippen LogP contribution in [-0.2, 0) is 21.0 Å². The van der Waals surface area contributed by atoms with Gasteiger partial charge in [-0.2, -0.15) is 8.42 Å². The first-order valence-corrected chi connectivity index (χ1v) is 8.18. The van der Waals surface area contributed by atoms with Crippen LogP contribution in [0, 0.1) is 0 Å². The van der Waals surface area contributed by atoms with Crippen LogP contribution in [0.2, 0.25) is 0 Å². The molecular formula is C10H15O3S2+. The first kappa shape index (κ1) is 12.5. The van der Waals surface area contributed by atoms with E-state index < -0.39 is 10.1 Å². The molecule has 1 atom stereocenters. The summed E-state index contributed by atoms with van der Waals surface area (Å²) >= 11 is 0. The predicted molar refractivity (Wildman–Crippen MR) is 64.8 cm³/mol. The Morgan fingerprint density at radius 1 is 1.27 bits per heavy atom. The molecule has 0 bridgehead atoms. The van der Waals surface area contributed by atoms with Crippen molar-refractivity contribution in [3.63, 3.8) is 0 Å². The lowest BCUT2D eigenvalue weighted by Crippen LogP contribution is -2.20. The second-order valence-electron chi connectivity index (χ2n) is 3.53. The first-order chi connectivity index (χ1) is 6.90. The van der Waals surface area contributed by atoms with Gasteiger partial charge >= 0.3 is 0 Å². The Bertz CT molecular complexity index is 398. The number of rotatable bonds is 4. The first-order valence-electron chi connectivity index (χ1n) is 4.46. The Hall–Kier alpha value is -0.520. The molecule has 0 radical (unpaired) electrons. The van der Waals surface area contributed by atoms with Gasteiger partial charge < -0.3 is 0 Å². The molecule has 1 aromatic carbocycles. The maximum absolute atomic E-state index is 10.9. The van der Waals surface area contributed by atoms with Crippen LogP contribution in [0.4, 0.5) is 0 Å². The Balaban J connectivity index is 2.95. The Labute approximate surface area is 93.6 Å². The molecule has 0 aromatic heterocycles. The minimum Gasteiger partial charge on any atom is -0.285 e. The van der Waals surface area contributed by atoms with E-state index in [0.717, 1.165) is 5.56 Å². The topological polar surface area (TPSA) is 54.4 Å². The summed E-state index contributed by atoms with van der Waals surface area (Å²) in [7, 11) is -4.00. The van der Waals surface area contributed by atoms with Crippen LogP contribution in [0.5, 0.6) is 0 Å². The van der Waals surface area contributed by atoms with Crippen LogP contribution in [-0.4, -0.2) is 31.2 Å².